The van der Waals surface area contributed by atoms with E-state index in [1.54, 1.807) is 6.20 Å². The van der Waals surface area contributed by atoms with Gasteiger partial charge in [-0.2, -0.15) is 0 Å². The van der Waals surface area contributed by atoms with Gasteiger partial charge in [0.25, 0.3) is 0 Å². The molecule has 2 fully saturated rings. The molecule has 2 heterocycles. The minimum atomic E-state index is -0.0291. The molecule has 0 amide bonds. The Labute approximate surface area is 108 Å². The van der Waals surface area contributed by atoms with E-state index in [2.05, 4.69) is 14.9 Å². The zero-order valence-corrected chi connectivity index (χ0v) is 10.8. The number of piperidine rings is 1. The van der Waals surface area contributed by atoms with E-state index in [0.717, 1.165) is 18.9 Å². The molecule has 0 bridgehead atoms. The molecular formula is C14H21N3O. The van der Waals surface area contributed by atoms with E-state index < -0.39 is 0 Å². The van der Waals surface area contributed by atoms with Crippen LogP contribution in [0.2, 0.25) is 0 Å². The topological polar surface area (TPSA) is 49.3 Å². The fourth-order valence-corrected chi connectivity index (χ4v) is 3.46. The van der Waals surface area contributed by atoms with Gasteiger partial charge < -0.3 is 10.0 Å². The molecular weight excluding hydrogens is 226 g/mol. The molecule has 4 nitrogen and oxygen atoms in total. The van der Waals surface area contributed by atoms with Crippen molar-refractivity contribution in [2.75, 3.05) is 18.0 Å². The van der Waals surface area contributed by atoms with Crippen molar-refractivity contribution >= 4 is 5.82 Å². The molecule has 0 unspecified atom stereocenters. The number of hydrogen-bond acceptors (Lipinski definition) is 4. The van der Waals surface area contributed by atoms with E-state index in [4.69, 9.17) is 5.11 Å². The molecule has 1 saturated heterocycles. The summed E-state index contributed by atoms with van der Waals surface area (Å²) in [5, 5.41) is 9.11. The highest BCUT2D eigenvalue weighted by molar-refractivity contribution is 5.37. The lowest BCUT2D eigenvalue weighted by Gasteiger charge is -2.39. The smallest absolute Gasteiger partial charge is 0.147 e. The van der Waals surface area contributed by atoms with Crippen LogP contribution in [0.25, 0.3) is 0 Å². The molecule has 1 aliphatic heterocycles. The zero-order chi connectivity index (χ0) is 12.4. The lowest BCUT2D eigenvalue weighted by atomic mass is 9.77. The third-order valence-electron chi connectivity index (χ3n) is 4.65. The van der Waals surface area contributed by atoms with Crippen LogP contribution < -0.4 is 4.90 Å². The average molecular weight is 247 g/mol. The fraction of sp³-hybridized carbons (Fsp3) is 0.714. The molecule has 1 aliphatic carbocycles. The summed E-state index contributed by atoms with van der Waals surface area (Å²) in [4.78, 5) is 10.9. The Morgan fingerprint density at radius 3 is 2.50 bits per heavy atom. The molecule has 98 valence electrons. The van der Waals surface area contributed by atoms with Gasteiger partial charge in [0.05, 0.1) is 24.7 Å². The lowest BCUT2D eigenvalue weighted by molar-refractivity contribution is 0.225. The molecule has 1 N–H and O–H groups in total. The van der Waals surface area contributed by atoms with Crippen molar-refractivity contribution < 1.29 is 5.11 Å². The van der Waals surface area contributed by atoms with Gasteiger partial charge in [0.2, 0.25) is 0 Å². The maximum absolute atomic E-state index is 9.11. The maximum Gasteiger partial charge on any atom is 0.147 e. The van der Waals surface area contributed by atoms with Crippen LogP contribution in [0.3, 0.4) is 0 Å². The van der Waals surface area contributed by atoms with Gasteiger partial charge in [0.1, 0.15) is 5.82 Å². The maximum atomic E-state index is 9.11. The van der Waals surface area contributed by atoms with E-state index in [0.29, 0.717) is 11.1 Å². The predicted octanol–water partition coefficient (Wildman–Crippen LogP) is 2.13. The summed E-state index contributed by atoms with van der Waals surface area (Å²) in [6, 6.07) is 0. The first-order valence-electron chi connectivity index (χ1n) is 6.98. The summed E-state index contributed by atoms with van der Waals surface area (Å²) in [6.07, 6.45) is 11.7. The second-order valence-corrected chi connectivity index (χ2v) is 5.72. The highest BCUT2D eigenvalue weighted by Gasteiger charge is 2.37. The molecule has 0 radical (unpaired) electrons. The van der Waals surface area contributed by atoms with Gasteiger partial charge in [0, 0.05) is 13.1 Å². The highest BCUT2D eigenvalue weighted by Crippen LogP contribution is 2.46. The predicted molar refractivity (Wildman–Crippen MR) is 70.3 cm³/mol. The van der Waals surface area contributed by atoms with Gasteiger partial charge in [-0.3, -0.25) is 4.98 Å². The Morgan fingerprint density at radius 2 is 1.83 bits per heavy atom. The van der Waals surface area contributed by atoms with Crippen LogP contribution in [0.15, 0.2) is 12.4 Å². The second kappa shape index (κ2) is 4.84. The SMILES string of the molecule is OCc1cncc(N2CCC3(CCCC3)CC2)n1. The number of aliphatic hydroxyl groups is 1. The molecule has 2 aliphatic rings. The molecule has 18 heavy (non-hydrogen) atoms. The van der Waals surface area contributed by atoms with Crippen LogP contribution in [0.4, 0.5) is 5.82 Å². The molecule has 1 aromatic heterocycles. The minimum absolute atomic E-state index is 0.0291. The molecule has 1 saturated carbocycles. The molecule has 1 spiro atoms. The summed E-state index contributed by atoms with van der Waals surface area (Å²) < 4.78 is 0. The van der Waals surface area contributed by atoms with Gasteiger partial charge in [0.15, 0.2) is 0 Å². The lowest BCUT2D eigenvalue weighted by Crippen LogP contribution is -2.39. The first kappa shape index (κ1) is 11.9. The number of nitrogens with zero attached hydrogens (tertiary/aromatic N) is 3. The first-order chi connectivity index (χ1) is 8.81. The zero-order valence-electron chi connectivity index (χ0n) is 10.8. The number of hydrogen-bond donors (Lipinski definition) is 1. The van der Waals surface area contributed by atoms with Crippen LogP contribution in [0, 0.1) is 5.41 Å². The van der Waals surface area contributed by atoms with Crippen molar-refractivity contribution in [2.45, 2.75) is 45.1 Å². The Balaban J connectivity index is 1.68. The molecule has 0 atom stereocenters. The van der Waals surface area contributed by atoms with E-state index in [-0.39, 0.29) is 6.61 Å². The summed E-state index contributed by atoms with van der Waals surface area (Å²) in [6.45, 7) is 2.14. The third-order valence-corrected chi connectivity index (χ3v) is 4.65. The Bertz CT molecular complexity index is 405. The van der Waals surface area contributed by atoms with Crippen molar-refractivity contribution in [3.63, 3.8) is 0 Å². The Kier molecular flexibility index (Phi) is 3.20. The number of aromatic nitrogens is 2. The van der Waals surface area contributed by atoms with Crippen LogP contribution in [0.1, 0.15) is 44.2 Å². The van der Waals surface area contributed by atoms with Crippen molar-refractivity contribution in [1.29, 1.82) is 0 Å². The second-order valence-electron chi connectivity index (χ2n) is 5.72. The van der Waals surface area contributed by atoms with Crippen LogP contribution >= 0.6 is 0 Å². The van der Waals surface area contributed by atoms with Gasteiger partial charge >= 0.3 is 0 Å². The normalized spacial score (nSPS) is 22.6. The van der Waals surface area contributed by atoms with Gasteiger partial charge in [-0.05, 0) is 31.1 Å². The average Bonchev–Trinajstić information content (AvgIpc) is 2.88. The largest absolute Gasteiger partial charge is 0.390 e. The van der Waals surface area contributed by atoms with Crippen molar-refractivity contribution in [2.24, 2.45) is 5.41 Å². The molecule has 1 aromatic rings. The van der Waals surface area contributed by atoms with E-state index >= 15 is 0 Å². The summed E-state index contributed by atoms with van der Waals surface area (Å²) in [5.74, 6) is 0.925. The van der Waals surface area contributed by atoms with Gasteiger partial charge in [-0.15, -0.1) is 0 Å². The Morgan fingerprint density at radius 1 is 1.11 bits per heavy atom. The highest BCUT2D eigenvalue weighted by atomic mass is 16.3. The minimum Gasteiger partial charge on any atom is -0.390 e. The van der Waals surface area contributed by atoms with Gasteiger partial charge in [-0.25, -0.2) is 4.98 Å². The van der Waals surface area contributed by atoms with Gasteiger partial charge in [-0.1, -0.05) is 12.8 Å². The number of anilines is 1. The van der Waals surface area contributed by atoms with Crippen molar-refractivity contribution in [1.82, 2.24) is 9.97 Å². The summed E-state index contributed by atoms with van der Waals surface area (Å²) in [7, 11) is 0. The summed E-state index contributed by atoms with van der Waals surface area (Å²) >= 11 is 0. The fourth-order valence-electron chi connectivity index (χ4n) is 3.46. The van der Waals surface area contributed by atoms with E-state index in [1.807, 2.05) is 6.20 Å². The van der Waals surface area contributed by atoms with Crippen LogP contribution in [-0.4, -0.2) is 28.2 Å². The van der Waals surface area contributed by atoms with Crippen molar-refractivity contribution in [3.05, 3.63) is 18.1 Å². The van der Waals surface area contributed by atoms with Crippen LogP contribution in [-0.2, 0) is 6.61 Å². The third kappa shape index (κ3) is 2.21. The number of aliphatic hydroxyl groups excluding tert-OH is 1. The van der Waals surface area contributed by atoms with E-state index in [9.17, 15) is 0 Å². The van der Waals surface area contributed by atoms with Crippen LogP contribution in [0.5, 0.6) is 0 Å². The summed E-state index contributed by atoms with van der Waals surface area (Å²) in [5.41, 5.74) is 1.30. The molecule has 4 heteroatoms. The molecule has 3 rings (SSSR count). The van der Waals surface area contributed by atoms with Crippen molar-refractivity contribution in [3.8, 4) is 0 Å². The standard InChI is InChI=1S/C14H21N3O/c18-11-12-9-15-10-13(16-12)17-7-5-14(6-8-17)3-1-2-4-14/h9-10,18H,1-8,11H2. The monoisotopic (exact) mass is 247 g/mol. The molecule has 0 aromatic carbocycles. The first-order valence-corrected chi connectivity index (χ1v) is 6.98. The Hall–Kier alpha value is -1.16. The number of rotatable bonds is 2. The van der Waals surface area contributed by atoms with E-state index in [1.165, 1.54) is 38.5 Å². The quantitative estimate of drug-likeness (QED) is 0.869.